The van der Waals surface area contributed by atoms with Gasteiger partial charge in [0.2, 0.25) is 0 Å². The largest absolute Gasteiger partial charge is 0.859 e. The number of aromatic nitrogens is 1. The fourth-order valence-corrected chi connectivity index (χ4v) is 2.99. The molecule has 1 rings (SSSR count). The fourth-order valence-electron chi connectivity index (χ4n) is 2.99. The maximum absolute atomic E-state index is 10.2. The maximum atomic E-state index is 10.2. The Kier molecular flexibility index (Phi) is 14.7. The zero-order chi connectivity index (χ0) is 18.1. The summed E-state index contributed by atoms with van der Waals surface area (Å²) in [6.07, 6.45) is 12.5. The highest BCUT2D eigenvalue weighted by Gasteiger charge is 2.24. The summed E-state index contributed by atoms with van der Waals surface area (Å²) in [5.74, 6) is -0.178. The molecule has 3 nitrogen and oxygen atoms in total. The summed E-state index contributed by atoms with van der Waals surface area (Å²) in [7, 11) is 0. The van der Waals surface area contributed by atoms with E-state index in [2.05, 4.69) is 32.7 Å². The van der Waals surface area contributed by atoms with E-state index in [4.69, 9.17) is 0 Å². The number of rotatable bonds is 12. The monoisotopic (exact) mass is 336 g/mol. The van der Waals surface area contributed by atoms with Crippen molar-refractivity contribution in [3.05, 3.63) is 24.4 Å². The van der Waals surface area contributed by atoms with Crippen LogP contribution in [0.4, 0.5) is 0 Å². The Labute approximate surface area is 150 Å². The Morgan fingerprint density at radius 3 is 1.38 bits per heavy atom. The first-order valence-corrected chi connectivity index (χ1v) is 10.1. The summed E-state index contributed by atoms with van der Waals surface area (Å²) in [4.78, 5) is 3.42. The van der Waals surface area contributed by atoms with Gasteiger partial charge >= 0.3 is 0 Å². The van der Waals surface area contributed by atoms with Gasteiger partial charge in [0.1, 0.15) is 0 Å². The number of hydrogen-bond acceptors (Lipinski definition) is 2. The molecule has 1 aromatic rings. The molecule has 0 N–H and O–H groups in total. The van der Waals surface area contributed by atoms with Crippen LogP contribution in [0.25, 0.3) is 0 Å². The predicted molar refractivity (Wildman–Crippen MR) is 103 cm³/mol. The molecule has 0 saturated heterocycles. The third-order valence-electron chi connectivity index (χ3n) is 4.58. The quantitative estimate of drug-likeness (QED) is 0.494. The summed E-state index contributed by atoms with van der Waals surface area (Å²) in [5.41, 5.74) is 0. The lowest BCUT2D eigenvalue weighted by molar-refractivity contribution is -0.929. The van der Waals surface area contributed by atoms with Crippen molar-refractivity contribution in [2.75, 3.05) is 26.2 Å². The molecule has 0 bridgehead atoms. The van der Waals surface area contributed by atoms with Crippen molar-refractivity contribution in [3.8, 4) is 5.88 Å². The first-order valence-electron chi connectivity index (χ1n) is 10.1. The second kappa shape index (κ2) is 15.4. The van der Waals surface area contributed by atoms with Crippen molar-refractivity contribution >= 4 is 0 Å². The third-order valence-corrected chi connectivity index (χ3v) is 4.58. The Morgan fingerprint density at radius 2 is 1.17 bits per heavy atom. The standard InChI is InChI=1S/C16H36N.C5H5NO/c1-5-9-13-17(14-10-6-2,15-11-7-3)16-12-8-4;7-5-3-1-2-4-6-5/h5-16H2,1-4H3;1-4H,(H,6,7)/q+1;/p-1. The highest BCUT2D eigenvalue weighted by atomic mass is 16.3. The van der Waals surface area contributed by atoms with E-state index in [1.54, 1.807) is 12.1 Å². The van der Waals surface area contributed by atoms with Crippen LogP contribution in [0.15, 0.2) is 24.4 Å². The van der Waals surface area contributed by atoms with E-state index >= 15 is 0 Å². The molecular formula is C21H40N2O. The second-order valence-corrected chi connectivity index (χ2v) is 6.82. The van der Waals surface area contributed by atoms with Gasteiger partial charge in [-0.15, -0.1) is 0 Å². The van der Waals surface area contributed by atoms with Crippen molar-refractivity contribution in [3.63, 3.8) is 0 Å². The molecule has 1 aromatic heterocycles. The van der Waals surface area contributed by atoms with Gasteiger partial charge in [0, 0.05) is 6.20 Å². The zero-order valence-corrected chi connectivity index (χ0v) is 16.6. The SMILES string of the molecule is CCCC[N+](CCCC)(CCCC)CCCC.[O-]c1ccccn1. The van der Waals surface area contributed by atoms with Crippen LogP contribution in [0.2, 0.25) is 0 Å². The molecule has 0 aromatic carbocycles. The van der Waals surface area contributed by atoms with E-state index in [-0.39, 0.29) is 5.88 Å². The number of hydrogen-bond donors (Lipinski definition) is 0. The van der Waals surface area contributed by atoms with Crippen LogP contribution in [-0.4, -0.2) is 35.6 Å². The molecule has 0 spiro atoms. The lowest BCUT2D eigenvalue weighted by Crippen LogP contribution is -2.50. The van der Waals surface area contributed by atoms with E-state index < -0.39 is 0 Å². The number of unbranched alkanes of at least 4 members (excludes halogenated alkanes) is 4. The van der Waals surface area contributed by atoms with Gasteiger partial charge in [-0.2, -0.15) is 0 Å². The van der Waals surface area contributed by atoms with Crippen LogP contribution in [0, 0.1) is 0 Å². The molecule has 0 amide bonds. The van der Waals surface area contributed by atoms with Crippen LogP contribution in [0.5, 0.6) is 5.88 Å². The van der Waals surface area contributed by atoms with Gasteiger partial charge in [0.25, 0.3) is 0 Å². The summed E-state index contributed by atoms with van der Waals surface area (Å²) >= 11 is 0. The molecular weight excluding hydrogens is 296 g/mol. The Morgan fingerprint density at radius 1 is 0.750 bits per heavy atom. The summed E-state index contributed by atoms with van der Waals surface area (Å²) < 4.78 is 1.42. The average molecular weight is 337 g/mol. The molecule has 3 heteroatoms. The molecule has 0 aliphatic rings. The van der Waals surface area contributed by atoms with E-state index in [1.165, 1.54) is 94.3 Å². The molecule has 0 atom stereocenters. The lowest BCUT2D eigenvalue weighted by Gasteiger charge is -2.39. The molecule has 0 aliphatic carbocycles. The van der Waals surface area contributed by atoms with Crippen molar-refractivity contribution < 1.29 is 9.59 Å². The van der Waals surface area contributed by atoms with Crippen molar-refractivity contribution in [1.29, 1.82) is 0 Å². The molecule has 1 heterocycles. The molecule has 0 unspecified atom stereocenters. The first kappa shape index (κ1) is 22.9. The van der Waals surface area contributed by atoms with Crippen LogP contribution in [0.3, 0.4) is 0 Å². The van der Waals surface area contributed by atoms with Gasteiger partial charge in [0.15, 0.2) is 0 Å². The topological polar surface area (TPSA) is 36.0 Å². The molecule has 24 heavy (non-hydrogen) atoms. The minimum Gasteiger partial charge on any atom is -0.859 e. The van der Waals surface area contributed by atoms with Gasteiger partial charge in [0.05, 0.1) is 26.2 Å². The Balaban J connectivity index is 0.000000620. The fraction of sp³-hybridized carbons (Fsp3) is 0.762. The van der Waals surface area contributed by atoms with E-state index in [0.29, 0.717) is 0 Å². The van der Waals surface area contributed by atoms with E-state index in [0.717, 1.165) is 0 Å². The maximum Gasteiger partial charge on any atom is 0.0786 e. The minimum absolute atomic E-state index is 0.178. The number of pyridine rings is 1. The van der Waals surface area contributed by atoms with Crippen LogP contribution < -0.4 is 5.11 Å². The van der Waals surface area contributed by atoms with Crippen LogP contribution in [0.1, 0.15) is 79.1 Å². The Hall–Kier alpha value is -1.09. The van der Waals surface area contributed by atoms with Crippen molar-refractivity contribution in [2.24, 2.45) is 0 Å². The average Bonchev–Trinajstić information content (AvgIpc) is 2.62. The summed E-state index contributed by atoms with van der Waals surface area (Å²) in [5, 5.41) is 10.2. The third kappa shape index (κ3) is 11.4. The summed E-state index contributed by atoms with van der Waals surface area (Å²) in [6.45, 7) is 15.0. The van der Waals surface area contributed by atoms with E-state index in [1.807, 2.05) is 0 Å². The molecule has 0 saturated carbocycles. The first-order chi connectivity index (χ1) is 11.6. The zero-order valence-electron chi connectivity index (χ0n) is 16.6. The van der Waals surface area contributed by atoms with Gasteiger partial charge in [-0.05, 0) is 37.6 Å². The van der Waals surface area contributed by atoms with Crippen LogP contribution >= 0.6 is 0 Å². The lowest BCUT2D eigenvalue weighted by atomic mass is 10.1. The number of quaternary nitrogens is 1. The van der Waals surface area contributed by atoms with Gasteiger partial charge in [-0.3, -0.25) is 4.98 Å². The summed E-state index contributed by atoms with van der Waals surface area (Å²) in [6, 6.07) is 4.79. The molecule has 0 fully saturated rings. The van der Waals surface area contributed by atoms with E-state index in [9.17, 15) is 5.11 Å². The molecule has 0 aliphatic heterocycles. The predicted octanol–water partition coefficient (Wildman–Crippen LogP) is 5.16. The van der Waals surface area contributed by atoms with Gasteiger partial charge < -0.3 is 9.59 Å². The minimum atomic E-state index is -0.178. The van der Waals surface area contributed by atoms with Crippen LogP contribution in [-0.2, 0) is 0 Å². The number of nitrogens with zero attached hydrogens (tertiary/aromatic N) is 2. The Bertz CT molecular complexity index is 330. The van der Waals surface area contributed by atoms with Crippen molar-refractivity contribution in [2.45, 2.75) is 79.1 Å². The van der Waals surface area contributed by atoms with Gasteiger partial charge in [-0.1, -0.05) is 65.5 Å². The second-order valence-electron chi connectivity index (χ2n) is 6.82. The molecule has 140 valence electrons. The smallest absolute Gasteiger partial charge is 0.0786 e. The van der Waals surface area contributed by atoms with Crippen molar-refractivity contribution in [1.82, 2.24) is 4.98 Å². The molecule has 0 radical (unpaired) electrons. The highest BCUT2D eigenvalue weighted by Crippen LogP contribution is 2.16. The normalized spacial score (nSPS) is 11.0. The van der Waals surface area contributed by atoms with Gasteiger partial charge in [-0.25, -0.2) is 0 Å². The highest BCUT2D eigenvalue weighted by molar-refractivity contribution is 5.04.